The zero-order valence-electron chi connectivity index (χ0n) is 10.6. The van der Waals surface area contributed by atoms with Crippen molar-refractivity contribution in [3.8, 4) is 5.75 Å². The number of nitrogen functional groups attached to an aromatic ring is 1. The molecule has 0 fully saturated rings. The van der Waals surface area contributed by atoms with Crippen LogP contribution in [0.25, 0.3) is 0 Å². The summed E-state index contributed by atoms with van der Waals surface area (Å²) in [7, 11) is 0. The molecule has 108 valence electrons. The van der Waals surface area contributed by atoms with Crippen LogP contribution < -0.4 is 11.1 Å². The van der Waals surface area contributed by atoms with E-state index >= 15 is 0 Å². The Labute approximate surface area is 118 Å². The van der Waals surface area contributed by atoms with E-state index in [9.17, 15) is 19.1 Å². The first-order valence-corrected chi connectivity index (χ1v) is 5.81. The largest absolute Gasteiger partial charge is 0.507 e. The van der Waals surface area contributed by atoms with Gasteiger partial charge in [0.1, 0.15) is 17.1 Å². The lowest BCUT2D eigenvalue weighted by Crippen LogP contribution is -2.12. The van der Waals surface area contributed by atoms with Gasteiger partial charge in [-0.05, 0) is 30.3 Å². The molecule has 0 aliphatic rings. The average Bonchev–Trinajstić information content (AvgIpc) is 2.41. The Hall–Kier alpha value is -3.09. The number of carboxylic acids is 1. The zero-order valence-corrected chi connectivity index (χ0v) is 10.6. The number of amides is 1. The van der Waals surface area contributed by atoms with Gasteiger partial charge in [0.2, 0.25) is 0 Å². The third-order valence-electron chi connectivity index (χ3n) is 2.75. The Balaban J connectivity index is 2.21. The fourth-order valence-corrected chi connectivity index (χ4v) is 1.66. The zero-order chi connectivity index (χ0) is 15.6. The molecule has 0 aromatic heterocycles. The minimum atomic E-state index is -1.29. The van der Waals surface area contributed by atoms with Gasteiger partial charge in [-0.2, -0.15) is 0 Å². The molecule has 0 aliphatic carbocycles. The Morgan fingerprint density at radius 3 is 2.43 bits per heavy atom. The molecule has 7 heteroatoms. The van der Waals surface area contributed by atoms with Crippen molar-refractivity contribution in [2.75, 3.05) is 11.1 Å². The molecule has 0 aliphatic heterocycles. The molecule has 0 unspecified atom stereocenters. The van der Waals surface area contributed by atoms with Crippen LogP contribution in [0.5, 0.6) is 5.75 Å². The van der Waals surface area contributed by atoms with E-state index in [1.165, 1.54) is 18.2 Å². The summed E-state index contributed by atoms with van der Waals surface area (Å²) in [6, 6.07) is 7.14. The number of nitrogens with one attached hydrogen (secondary N) is 1. The molecule has 21 heavy (non-hydrogen) atoms. The number of rotatable bonds is 3. The van der Waals surface area contributed by atoms with E-state index in [1.807, 2.05) is 0 Å². The van der Waals surface area contributed by atoms with Crippen molar-refractivity contribution in [3.63, 3.8) is 0 Å². The number of hydrogen-bond acceptors (Lipinski definition) is 4. The Morgan fingerprint density at radius 1 is 1.14 bits per heavy atom. The lowest BCUT2D eigenvalue weighted by molar-refractivity contribution is 0.0693. The van der Waals surface area contributed by atoms with Crippen LogP contribution >= 0.6 is 0 Å². The SMILES string of the molecule is Nc1ccc(C(=O)Nc2ccc(C(=O)O)c(O)c2)cc1F. The van der Waals surface area contributed by atoms with Crippen LogP contribution in [0.2, 0.25) is 0 Å². The maximum Gasteiger partial charge on any atom is 0.339 e. The fraction of sp³-hybridized carbons (Fsp3) is 0. The number of carbonyl (C=O) groups is 2. The highest BCUT2D eigenvalue weighted by Gasteiger charge is 2.12. The maximum atomic E-state index is 13.3. The minimum absolute atomic E-state index is 0.0449. The number of halogens is 1. The molecular formula is C14H11FN2O4. The van der Waals surface area contributed by atoms with Crippen molar-refractivity contribution in [1.29, 1.82) is 0 Å². The fourth-order valence-electron chi connectivity index (χ4n) is 1.66. The number of benzene rings is 2. The summed E-state index contributed by atoms with van der Waals surface area (Å²) in [6.45, 7) is 0. The minimum Gasteiger partial charge on any atom is -0.507 e. The lowest BCUT2D eigenvalue weighted by Gasteiger charge is -2.07. The molecule has 5 N–H and O–H groups in total. The van der Waals surface area contributed by atoms with Crippen LogP contribution in [0.3, 0.4) is 0 Å². The second-order valence-corrected chi connectivity index (χ2v) is 4.23. The van der Waals surface area contributed by atoms with Gasteiger partial charge in [-0.1, -0.05) is 0 Å². The van der Waals surface area contributed by atoms with Crippen molar-refractivity contribution in [3.05, 3.63) is 53.3 Å². The van der Waals surface area contributed by atoms with Crippen LogP contribution in [0.1, 0.15) is 20.7 Å². The van der Waals surface area contributed by atoms with Crippen molar-refractivity contribution >= 4 is 23.3 Å². The molecule has 2 aromatic carbocycles. The molecule has 0 bridgehead atoms. The topological polar surface area (TPSA) is 113 Å². The van der Waals surface area contributed by atoms with E-state index in [0.717, 1.165) is 18.2 Å². The molecule has 2 rings (SSSR count). The number of anilines is 2. The second kappa shape index (κ2) is 5.49. The van der Waals surface area contributed by atoms with Gasteiger partial charge in [-0.3, -0.25) is 4.79 Å². The van der Waals surface area contributed by atoms with Crippen LogP contribution in [-0.2, 0) is 0 Å². The van der Waals surface area contributed by atoms with Gasteiger partial charge in [-0.25, -0.2) is 9.18 Å². The number of aromatic carboxylic acids is 1. The Bertz CT molecular complexity index is 731. The van der Waals surface area contributed by atoms with Crippen molar-refractivity contribution in [2.24, 2.45) is 0 Å². The Kier molecular flexibility index (Phi) is 3.75. The number of carbonyl (C=O) groups excluding carboxylic acids is 1. The van der Waals surface area contributed by atoms with E-state index < -0.39 is 23.4 Å². The number of phenols is 1. The molecule has 1 amide bonds. The lowest BCUT2D eigenvalue weighted by atomic mass is 10.1. The Morgan fingerprint density at radius 2 is 1.86 bits per heavy atom. The second-order valence-electron chi connectivity index (χ2n) is 4.23. The van der Waals surface area contributed by atoms with Gasteiger partial charge in [0, 0.05) is 17.3 Å². The third-order valence-corrected chi connectivity index (χ3v) is 2.75. The summed E-state index contributed by atoms with van der Waals surface area (Å²) in [4.78, 5) is 22.6. The van der Waals surface area contributed by atoms with E-state index in [4.69, 9.17) is 10.8 Å². The number of hydrogen-bond donors (Lipinski definition) is 4. The van der Waals surface area contributed by atoms with Crippen molar-refractivity contribution < 1.29 is 24.2 Å². The van der Waals surface area contributed by atoms with Crippen LogP contribution in [0.15, 0.2) is 36.4 Å². The van der Waals surface area contributed by atoms with Gasteiger partial charge < -0.3 is 21.3 Å². The first kappa shape index (κ1) is 14.3. The summed E-state index contributed by atoms with van der Waals surface area (Å²) in [5.74, 6) is -3.10. The average molecular weight is 290 g/mol. The summed E-state index contributed by atoms with van der Waals surface area (Å²) >= 11 is 0. The summed E-state index contributed by atoms with van der Waals surface area (Å²) in [6.07, 6.45) is 0. The first-order chi connectivity index (χ1) is 9.88. The predicted octanol–water partition coefficient (Wildman–Crippen LogP) is 2.06. The van der Waals surface area contributed by atoms with Gasteiger partial charge >= 0.3 is 5.97 Å². The van der Waals surface area contributed by atoms with Crippen LogP contribution in [0, 0.1) is 5.82 Å². The highest BCUT2D eigenvalue weighted by molar-refractivity contribution is 6.05. The first-order valence-electron chi connectivity index (χ1n) is 5.81. The van der Waals surface area contributed by atoms with E-state index in [0.29, 0.717) is 0 Å². The molecule has 0 saturated heterocycles. The predicted molar refractivity (Wildman–Crippen MR) is 73.8 cm³/mol. The van der Waals surface area contributed by atoms with E-state index in [1.54, 1.807) is 0 Å². The highest BCUT2D eigenvalue weighted by atomic mass is 19.1. The number of carboxylic acid groups (broad SMARTS) is 1. The quantitative estimate of drug-likeness (QED) is 0.646. The molecule has 2 aromatic rings. The molecular weight excluding hydrogens is 279 g/mol. The monoisotopic (exact) mass is 290 g/mol. The van der Waals surface area contributed by atoms with Crippen LogP contribution in [0.4, 0.5) is 15.8 Å². The molecule has 6 nitrogen and oxygen atoms in total. The van der Waals surface area contributed by atoms with E-state index in [-0.39, 0.29) is 22.5 Å². The standard InChI is InChI=1S/C14H11FN2O4/c15-10-5-7(1-4-11(10)16)13(19)17-8-2-3-9(14(20)21)12(18)6-8/h1-6,18H,16H2,(H,17,19)(H,20,21). The van der Waals surface area contributed by atoms with Crippen LogP contribution in [-0.4, -0.2) is 22.1 Å². The smallest absolute Gasteiger partial charge is 0.339 e. The van der Waals surface area contributed by atoms with Gasteiger partial charge in [0.15, 0.2) is 0 Å². The maximum absolute atomic E-state index is 13.3. The van der Waals surface area contributed by atoms with Gasteiger partial charge in [-0.15, -0.1) is 0 Å². The summed E-state index contributed by atoms with van der Waals surface area (Å²) in [5.41, 5.74) is 5.18. The van der Waals surface area contributed by atoms with Crippen molar-refractivity contribution in [1.82, 2.24) is 0 Å². The number of nitrogens with two attached hydrogens (primary N) is 1. The molecule has 0 heterocycles. The number of aromatic hydroxyl groups is 1. The van der Waals surface area contributed by atoms with E-state index in [2.05, 4.69) is 5.32 Å². The summed E-state index contributed by atoms with van der Waals surface area (Å²) < 4.78 is 13.3. The molecule has 0 atom stereocenters. The summed E-state index contributed by atoms with van der Waals surface area (Å²) in [5, 5.41) is 20.7. The molecule has 0 spiro atoms. The highest BCUT2D eigenvalue weighted by Crippen LogP contribution is 2.22. The van der Waals surface area contributed by atoms with Crippen molar-refractivity contribution in [2.45, 2.75) is 0 Å². The molecule has 0 saturated carbocycles. The normalized spacial score (nSPS) is 10.1. The third kappa shape index (κ3) is 3.08. The van der Waals surface area contributed by atoms with Gasteiger partial charge in [0.25, 0.3) is 5.91 Å². The molecule has 0 radical (unpaired) electrons. The van der Waals surface area contributed by atoms with Gasteiger partial charge in [0.05, 0.1) is 5.69 Å².